The lowest BCUT2D eigenvalue weighted by molar-refractivity contribution is -0.148. The van der Waals surface area contributed by atoms with Crippen LogP contribution in [-0.4, -0.2) is 59.6 Å². The summed E-state index contributed by atoms with van der Waals surface area (Å²) < 4.78 is 5.47. The Morgan fingerprint density at radius 2 is 1.66 bits per heavy atom. The summed E-state index contributed by atoms with van der Waals surface area (Å²) >= 11 is 0. The van der Waals surface area contributed by atoms with Gasteiger partial charge in [0.1, 0.15) is 0 Å². The molecule has 2 aromatic carbocycles. The molecule has 2 N–H and O–H groups in total. The fourth-order valence-corrected chi connectivity index (χ4v) is 3.75. The Balaban J connectivity index is 1.32. The van der Waals surface area contributed by atoms with Crippen molar-refractivity contribution in [3.8, 4) is 0 Å². The number of aliphatic carboxylic acids is 1. The predicted octanol–water partition coefficient (Wildman–Crippen LogP) is 2.64. The van der Waals surface area contributed by atoms with Crippen LogP contribution >= 0.6 is 0 Å². The molecular weight excluding hydrogens is 452 g/mol. The largest absolute Gasteiger partial charge is 0.478 e. The molecule has 0 aliphatic carbocycles. The van der Waals surface area contributed by atoms with Crippen LogP contribution in [0, 0.1) is 0 Å². The zero-order valence-electron chi connectivity index (χ0n) is 18.8. The van der Waals surface area contributed by atoms with Crippen molar-refractivity contribution in [3.05, 3.63) is 76.9 Å². The number of carbonyl (C=O) groups excluding carboxylic acids is 3. The van der Waals surface area contributed by atoms with Crippen molar-refractivity contribution in [2.75, 3.05) is 13.2 Å². The third-order valence-electron chi connectivity index (χ3n) is 5.76. The van der Waals surface area contributed by atoms with E-state index in [0.717, 1.165) is 19.4 Å². The first-order chi connectivity index (χ1) is 16.9. The number of carboxylic acids is 1. The molecule has 1 amide bonds. The van der Waals surface area contributed by atoms with Gasteiger partial charge in [-0.05, 0) is 30.0 Å². The van der Waals surface area contributed by atoms with Gasteiger partial charge in [-0.1, -0.05) is 53.7 Å². The van der Waals surface area contributed by atoms with Gasteiger partial charge in [0.25, 0.3) is 0 Å². The number of carbonyl (C=O) groups is 4. The van der Waals surface area contributed by atoms with Gasteiger partial charge < -0.3 is 20.0 Å². The normalized spacial score (nSPS) is 19.3. The van der Waals surface area contributed by atoms with Crippen molar-refractivity contribution in [2.24, 2.45) is 5.16 Å². The molecule has 2 aromatic rings. The second-order valence-corrected chi connectivity index (χ2v) is 8.25. The fraction of sp³-hybridized carbons (Fsp3) is 0.269. The lowest BCUT2D eigenvalue weighted by atomic mass is 9.98. The van der Waals surface area contributed by atoms with Gasteiger partial charge in [-0.15, -0.1) is 0 Å². The number of ether oxygens (including phenoxy) is 1. The molecule has 9 nitrogen and oxygen atoms in total. The second kappa shape index (κ2) is 10.9. The van der Waals surface area contributed by atoms with Crippen molar-refractivity contribution < 1.29 is 33.9 Å². The summed E-state index contributed by atoms with van der Waals surface area (Å²) in [5, 5.41) is 15.6. The number of nitrogens with zero attached hydrogens (tertiary/aromatic N) is 1. The van der Waals surface area contributed by atoms with E-state index in [-0.39, 0.29) is 29.6 Å². The Labute approximate surface area is 201 Å². The zero-order chi connectivity index (χ0) is 24.8. The van der Waals surface area contributed by atoms with Crippen LogP contribution in [0.3, 0.4) is 0 Å². The number of ketones is 2. The van der Waals surface area contributed by atoms with E-state index in [9.17, 15) is 19.2 Å². The van der Waals surface area contributed by atoms with Gasteiger partial charge in [-0.3, -0.25) is 14.4 Å². The van der Waals surface area contributed by atoms with Crippen LogP contribution in [0.4, 0.5) is 0 Å². The minimum absolute atomic E-state index is 0.0705. The van der Waals surface area contributed by atoms with Gasteiger partial charge in [0.15, 0.2) is 0 Å². The maximum absolute atomic E-state index is 12.6. The highest BCUT2D eigenvalue weighted by molar-refractivity contribution is 6.49. The molecule has 0 aromatic heterocycles. The van der Waals surface area contributed by atoms with Crippen LogP contribution in [0.2, 0.25) is 0 Å². The van der Waals surface area contributed by atoms with Gasteiger partial charge in [-0.2, -0.15) is 0 Å². The number of rotatable bonds is 9. The van der Waals surface area contributed by atoms with E-state index in [1.165, 1.54) is 30.3 Å². The van der Waals surface area contributed by atoms with Gasteiger partial charge in [0, 0.05) is 36.8 Å². The molecule has 0 bridgehead atoms. The Kier molecular flexibility index (Phi) is 7.47. The SMILES string of the molecule is O=C(C=Cc1ccc(C(=O)C(=O)c2ccc(C3=NOC(C(=O)O)C3)cc2)cc1)NCC1CCCO1. The quantitative estimate of drug-likeness (QED) is 0.323. The summed E-state index contributed by atoms with van der Waals surface area (Å²) in [7, 11) is 0. The van der Waals surface area contributed by atoms with E-state index in [1.807, 2.05) is 0 Å². The summed E-state index contributed by atoms with van der Waals surface area (Å²) in [6, 6.07) is 12.6. The lowest BCUT2D eigenvalue weighted by Crippen LogP contribution is -2.30. The standard InChI is InChI=1S/C26H24N2O7/c29-23(27-15-20-2-1-13-34-20)12-5-16-3-6-18(7-4-16)24(30)25(31)19-10-8-17(9-11-19)21-14-22(26(32)33)35-28-21/h3-12,20,22H,1-2,13-15H2,(H,27,29)(H,32,33). The predicted molar refractivity (Wildman–Crippen MR) is 126 cm³/mol. The van der Waals surface area contributed by atoms with Crippen LogP contribution in [0.25, 0.3) is 6.08 Å². The zero-order valence-corrected chi connectivity index (χ0v) is 18.8. The average molecular weight is 476 g/mol. The molecule has 0 spiro atoms. The summed E-state index contributed by atoms with van der Waals surface area (Å²) in [5.41, 5.74) is 2.24. The molecule has 2 atom stereocenters. The lowest BCUT2D eigenvalue weighted by Gasteiger charge is -2.08. The highest BCUT2D eigenvalue weighted by Crippen LogP contribution is 2.18. The van der Waals surface area contributed by atoms with Crippen LogP contribution in [0.1, 0.15) is 51.1 Å². The van der Waals surface area contributed by atoms with Crippen LogP contribution in [0.5, 0.6) is 0 Å². The van der Waals surface area contributed by atoms with Gasteiger partial charge >= 0.3 is 5.97 Å². The third-order valence-corrected chi connectivity index (χ3v) is 5.76. The van der Waals surface area contributed by atoms with E-state index >= 15 is 0 Å². The number of nitrogens with one attached hydrogen (secondary N) is 1. The number of carboxylic acid groups (broad SMARTS) is 1. The molecule has 0 radical (unpaired) electrons. The van der Waals surface area contributed by atoms with Gasteiger partial charge in [-0.25, -0.2) is 4.79 Å². The summed E-state index contributed by atoms with van der Waals surface area (Å²) in [4.78, 5) is 53.1. The molecule has 2 heterocycles. The number of Topliss-reactive ketones (excluding diaryl/α,β-unsaturated/α-hetero) is 2. The highest BCUT2D eigenvalue weighted by atomic mass is 16.7. The molecule has 2 aliphatic heterocycles. The minimum atomic E-state index is -1.10. The summed E-state index contributed by atoms with van der Waals surface area (Å²) in [6.45, 7) is 1.21. The molecular formula is C26H24N2O7. The summed E-state index contributed by atoms with van der Waals surface area (Å²) in [5.74, 6) is -2.65. The van der Waals surface area contributed by atoms with Crippen molar-refractivity contribution in [1.29, 1.82) is 0 Å². The number of hydrogen-bond acceptors (Lipinski definition) is 7. The first kappa shape index (κ1) is 24.0. The Morgan fingerprint density at radius 3 is 2.23 bits per heavy atom. The molecule has 180 valence electrons. The monoisotopic (exact) mass is 476 g/mol. The molecule has 1 fully saturated rings. The maximum atomic E-state index is 12.6. The van der Waals surface area contributed by atoms with Gasteiger partial charge in [0.2, 0.25) is 23.6 Å². The van der Waals surface area contributed by atoms with Crippen molar-refractivity contribution >= 4 is 35.2 Å². The highest BCUT2D eigenvalue weighted by Gasteiger charge is 2.28. The molecule has 1 saturated heterocycles. The molecule has 0 saturated carbocycles. The third kappa shape index (κ3) is 6.07. The van der Waals surface area contributed by atoms with Crippen LogP contribution in [0.15, 0.2) is 59.8 Å². The first-order valence-electron chi connectivity index (χ1n) is 11.2. The second-order valence-electron chi connectivity index (χ2n) is 8.25. The number of benzene rings is 2. The van der Waals surface area contributed by atoms with E-state index in [4.69, 9.17) is 14.7 Å². The van der Waals surface area contributed by atoms with E-state index in [1.54, 1.807) is 30.3 Å². The van der Waals surface area contributed by atoms with E-state index in [2.05, 4.69) is 10.5 Å². The van der Waals surface area contributed by atoms with Crippen molar-refractivity contribution in [2.45, 2.75) is 31.5 Å². The van der Waals surface area contributed by atoms with Crippen LogP contribution < -0.4 is 5.32 Å². The Bertz CT molecular complexity index is 1180. The maximum Gasteiger partial charge on any atom is 0.348 e. The number of oxime groups is 1. The average Bonchev–Trinajstić information content (AvgIpc) is 3.58. The van der Waals surface area contributed by atoms with Crippen molar-refractivity contribution in [1.82, 2.24) is 5.32 Å². The first-order valence-corrected chi connectivity index (χ1v) is 11.2. The summed E-state index contributed by atoms with van der Waals surface area (Å²) in [6.07, 6.45) is 4.17. The number of amides is 1. The van der Waals surface area contributed by atoms with Crippen molar-refractivity contribution in [3.63, 3.8) is 0 Å². The molecule has 9 heteroatoms. The smallest absolute Gasteiger partial charge is 0.348 e. The molecule has 2 aliphatic rings. The fourth-order valence-electron chi connectivity index (χ4n) is 3.75. The Morgan fingerprint density at radius 1 is 1.00 bits per heavy atom. The molecule has 35 heavy (non-hydrogen) atoms. The van der Waals surface area contributed by atoms with Gasteiger partial charge in [0.05, 0.1) is 11.8 Å². The topological polar surface area (TPSA) is 131 Å². The Hall–Kier alpha value is -4.11. The number of hydrogen-bond donors (Lipinski definition) is 2. The molecule has 2 unspecified atom stereocenters. The van der Waals surface area contributed by atoms with Crippen LogP contribution in [-0.2, 0) is 19.2 Å². The van der Waals surface area contributed by atoms with E-state index in [0.29, 0.717) is 23.4 Å². The van der Waals surface area contributed by atoms with E-state index < -0.39 is 23.6 Å². The molecule has 4 rings (SSSR count). The minimum Gasteiger partial charge on any atom is -0.478 e.